The first-order chi connectivity index (χ1) is 14.7. The topological polar surface area (TPSA) is 75.4 Å². The van der Waals surface area contributed by atoms with Crippen LogP contribution in [0, 0.1) is 0 Å². The molecule has 30 heavy (non-hydrogen) atoms. The van der Waals surface area contributed by atoms with Gasteiger partial charge in [0, 0.05) is 23.7 Å². The quantitative estimate of drug-likeness (QED) is 0.500. The lowest BCUT2D eigenvalue weighted by molar-refractivity contribution is 0.103. The van der Waals surface area contributed by atoms with E-state index in [1.54, 1.807) is 6.33 Å². The van der Waals surface area contributed by atoms with E-state index in [1.807, 2.05) is 52.9 Å². The molecule has 7 heteroatoms. The number of carbonyl (C=O) groups excluding carboxylic acids is 1. The Labute approximate surface area is 174 Å². The van der Waals surface area contributed by atoms with Gasteiger partial charge in [0.05, 0.1) is 11.0 Å². The smallest absolute Gasteiger partial charge is 0.203 e. The molecule has 1 unspecified atom stereocenters. The van der Waals surface area contributed by atoms with Crippen molar-refractivity contribution in [1.29, 1.82) is 0 Å². The molecule has 5 rings (SSSR count). The van der Waals surface area contributed by atoms with Gasteiger partial charge >= 0.3 is 0 Å². The van der Waals surface area contributed by atoms with E-state index in [0.29, 0.717) is 22.8 Å². The predicted molar refractivity (Wildman–Crippen MR) is 117 cm³/mol. The van der Waals surface area contributed by atoms with Crippen molar-refractivity contribution in [1.82, 2.24) is 24.5 Å². The highest BCUT2D eigenvalue weighted by Gasteiger charge is 2.23. The number of likely N-dealkylation sites (tertiary alicyclic amines) is 1. The van der Waals surface area contributed by atoms with Gasteiger partial charge in [-0.25, -0.2) is 4.98 Å². The molecule has 0 spiro atoms. The molecule has 2 aromatic heterocycles. The molecule has 0 saturated carbocycles. The highest BCUT2D eigenvalue weighted by atomic mass is 16.1. The Balaban J connectivity index is 1.49. The van der Waals surface area contributed by atoms with Gasteiger partial charge in [-0.15, -0.1) is 10.2 Å². The summed E-state index contributed by atoms with van der Waals surface area (Å²) in [7, 11) is 0. The minimum Gasteiger partial charge on any atom is -0.365 e. The number of carbonyl (C=O) groups is 1. The van der Waals surface area contributed by atoms with Gasteiger partial charge in [-0.1, -0.05) is 37.3 Å². The SMILES string of the molecule is CCN1CCCC1CNc1nc2ccc(C(=O)c3ccccc3)cc2n2cnnc12. The number of aromatic nitrogens is 4. The van der Waals surface area contributed by atoms with Crippen LogP contribution in [0.15, 0.2) is 54.9 Å². The van der Waals surface area contributed by atoms with Crippen molar-refractivity contribution in [3.8, 4) is 0 Å². The van der Waals surface area contributed by atoms with Crippen LogP contribution < -0.4 is 5.32 Å². The largest absolute Gasteiger partial charge is 0.365 e. The van der Waals surface area contributed by atoms with Crippen molar-refractivity contribution < 1.29 is 4.79 Å². The van der Waals surface area contributed by atoms with Crippen LogP contribution in [0.5, 0.6) is 0 Å². The lowest BCUT2D eigenvalue weighted by atomic mass is 10.0. The van der Waals surface area contributed by atoms with Crippen LogP contribution in [0.3, 0.4) is 0 Å². The van der Waals surface area contributed by atoms with E-state index >= 15 is 0 Å². The Bertz CT molecular complexity index is 1200. The third-order valence-corrected chi connectivity index (χ3v) is 5.94. The van der Waals surface area contributed by atoms with Gasteiger partial charge in [0.15, 0.2) is 11.6 Å². The monoisotopic (exact) mass is 400 g/mol. The van der Waals surface area contributed by atoms with Crippen molar-refractivity contribution in [2.75, 3.05) is 25.0 Å². The van der Waals surface area contributed by atoms with Crippen LogP contribution in [-0.2, 0) is 0 Å². The molecular weight excluding hydrogens is 376 g/mol. The molecule has 1 fully saturated rings. The Morgan fingerprint density at radius 3 is 2.87 bits per heavy atom. The lowest BCUT2D eigenvalue weighted by Crippen LogP contribution is -2.34. The van der Waals surface area contributed by atoms with E-state index in [1.165, 1.54) is 12.8 Å². The molecule has 1 aliphatic heterocycles. The zero-order valence-corrected chi connectivity index (χ0v) is 17.0. The van der Waals surface area contributed by atoms with Crippen LogP contribution in [0.1, 0.15) is 35.7 Å². The van der Waals surface area contributed by atoms with E-state index in [4.69, 9.17) is 4.98 Å². The molecule has 3 heterocycles. The number of benzene rings is 2. The van der Waals surface area contributed by atoms with Crippen molar-refractivity contribution >= 4 is 28.3 Å². The third kappa shape index (κ3) is 3.31. The first kappa shape index (κ1) is 18.7. The average Bonchev–Trinajstić information content (AvgIpc) is 3.47. The minimum absolute atomic E-state index is 0.0122. The van der Waals surface area contributed by atoms with Gasteiger partial charge in [-0.05, 0) is 44.1 Å². The maximum absolute atomic E-state index is 12.9. The summed E-state index contributed by atoms with van der Waals surface area (Å²) >= 11 is 0. The maximum atomic E-state index is 12.9. The van der Waals surface area contributed by atoms with Crippen molar-refractivity contribution in [2.45, 2.75) is 25.8 Å². The van der Waals surface area contributed by atoms with E-state index < -0.39 is 0 Å². The highest BCUT2D eigenvalue weighted by Crippen LogP contribution is 2.23. The fraction of sp³-hybridized carbons (Fsp3) is 0.304. The molecule has 0 radical (unpaired) electrons. The number of anilines is 1. The number of fused-ring (bicyclic) bond motifs is 3. The van der Waals surface area contributed by atoms with Crippen LogP contribution in [0.2, 0.25) is 0 Å². The predicted octanol–water partition coefficient (Wildman–Crippen LogP) is 3.40. The van der Waals surface area contributed by atoms with Crippen LogP contribution >= 0.6 is 0 Å². The fourth-order valence-electron chi connectivity index (χ4n) is 4.33. The molecule has 1 saturated heterocycles. The second-order valence-corrected chi connectivity index (χ2v) is 7.69. The van der Waals surface area contributed by atoms with Gasteiger partial charge in [0.1, 0.15) is 6.33 Å². The van der Waals surface area contributed by atoms with Gasteiger partial charge in [-0.2, -0.15) is 0 Å². The third-order valence-electron chi connectivity index (χ3n) is 5.94. The van der Waals surface area contributed by atoms with Crippen molar-refractivity contribution in [2.24, 2.45) is 0 Å². The van der Waals surface area contributed by atoms with E-state index in [0.717, 1.165) is 36.5 Å². The number of nitrogens with one attached hydrogen (secondary N) is 1. The van der Waals surface area contributed by atoms with E-state index in [2.05, 4.69) is 27.3 Å². The summed E-state index contributed by atoms with van der Waals surface area (Å²) in [6, 6.07) is 15.4. The zero-order chi connectivity index (χ0) is 20.5. The standard InChI is InChI=1S/C23H24N6O/c1-2-28-12-6-9-18(28)14-24-22-23-27-25-15-29(23)20-13-17(10-11-19(20)26-22)21(30)16-7-4-3-5-8-16/h3-5,7-8,10-11,13,15,18H,2,6,9,12,14H2,1H3,(H,24,26). The zero-order valence-electron chi connectivity index (χ0n) is 17.0. The van der Waals surface area contributed by atoms with Crippen molar-refractivity contribution in [3.05, 3.63) is 66.0 Å². The molecule has 0 bridgehead atoms. The Morgan fingerprint density at radius 1 is 1.17 bits per heavy atom. The summed E-state index contributed by atoms with van der Waals surface area (Å²) in [5, 5.41) is 11.9. The Morgan fingerprint density at radius 2 is 2.03 bits per heavy atom. The Kier molecular flexibility index (Phi) is 4.88. The lowest BCUT2D eigenvalue weighted by Gasteiger charge is -2.23. The number of likely N-dealkylation sites (N-methyl/N-ethyl adjacent to an activating group) is 1. The maximum Gasteiger partial charge on any atom is 0.203 e. The summed E-state index contributed by atoms with van der Waals surface area (Å²) < 4.78 is 1.90. The molecule has 0 amide bonds. The molecule has 4 aromatic rings. The van der Waals surface area contributed by atoms with Crippen LogP contribution in [0.25, 0.3) is 16.7 Å². The Hall–Kier alpha value is -3.32. The highest BCUT2D eigenvalue weighted by molar-refractivity contribution is 6.10. The number of rotatable bonds is 6. The summed E-state index contributed by atoms with van der Waals surface area (Å²) in [5.74, 6) is 0.715. The number of nitrogens with zero attached hydrogens (tertiary/aromatic N) is 5. The summed E-state index contributed by atoms with van der Waals surface area (Å²) in [4.78, 5) is 20.2. The normalized spacial score (nSPS) is 17.0. The van der Waals surface area contributed by atoms with Crippen molar-refractivity contribution in [3.63, 3.8) is 0 Å². The second-order valence-electron chi connectivity index (χ2n) is 7.69. The second kappa shape index (κ2) is 7.84. The van der Waals surface area contributed by atoms with Gasteiger partial charge in [-0.3, -0.25) is 14.1 Å². The molecule has 1 N–H and O–H groups in total. The molecule has 7 nitrogen and oxygen atoms in total. The van der Waals surface area contributed by atoms with E-state index in [-0.39, 0.29) is 5.78 Å². The number of hydrogen-bond donors (Lipinski definition) is 1. The van der Waals surface area contributed by atoms with Gasteiger partial charge in [0.25, 0.3) is 0 Å². The summed E-state index contributed by atoms with van der Waals surface area (Å²) in [6.07, 6.45) is 4.11. The number of ketones is 1. The summed E-state index contributed by atoms with van der Waals surface area (Å²) in [6.45, 7) is 5.26. The molecule has 152 valence electrons. The minimum atomic E-state index is -0.0122. The van der Waals surface area contributed by atoms with E-state index in [9.17, 15) is 4.79 Å². The van der Waals surface area contributed by atoms with Crippen LogP contribution in [0.4, 0.5) is 5.82 Å². The molecule has 0 aliphatic carbocycles. The average molecular weight is 400 g/mol. The first-order valence-electron chi connectivity index (χ1n) is 10.5. The van der Waals surface area contributed by atoms with Gasteiger partial charge in [0.2, 0.25) is 5.65 Å². The molecular formula is C23H24N6O. The van der Waals surface area contributed by atoms with Gasteiger partial charge < -0.3 is 5.32 Å². The first-order valence-corrected chi connectivity index (χ1v) is 10.5. The molecule has 1 aliphatic rings. The fourth-order valence-corrected chi connectivity index (χ4v) is 4.33. The van der Waals surface area contributed by atoms with Crippen LogP contribution in [-0.4, -0.2) is 55.9 Å². The number of hydrogen-bond acceptors (Lipinski definition) is 6. The molecule has 2 aromatic carbocycles. The molecule has 1 atom stereocenters. The summed E-state index contributed by atoms with van der Waals surface area (Å²) in [5.41, 5.74) is 3.58.